The largest absolute Gasteiger partial charge is 0.337 e. The molecule has 0 aromatic rings. The van der Waals surface area contributed by atoms with Gasteiger partial charge in [0.2, 0.25) is 0 Å². The molecule has 1 amide bonds. The van der Waals surface area contributed by atoms with Gasteiger partial charge in [0.15, 0.2) is 0 Å². The van der Waals surface area contributed by atoms with Gasteiger partial charge in [-0.15, -0.1) is 0 Å². The number of hydrogen-bond acceptors (Lipinski definition) is 2. The van der Waals surface area contributed by atoms with E-state index in [1.54, 1.807) is 11.0 Å². The highest BCUT2D eigenvalue weighted by atomic mass is 16.2. The zero-order valence-electron chi connectivity index (χ0n) is 8.08. The molecule has 1 saturated heterocycles. The molecule has 0 aromatic carbocycles. The lowest BCUT2D eigenvalue weighted by atomic mass is 10.0. The SMILES string of the molecule is C=C(C#N)C(=O)N1CC(C)C(C)C1. The second kappa shape index (κ2) is 3.61. The van der Waals surface area contributed by atoms with Crippen LogP contribution in [-0.2, 0) is 4.79 Å². The van der Waals surface area contributed by atoms with Gasteiger partial charge >= 0.3 is 0 Å². The van der Waals surface area contributed by atoms with Crippen LogP contribution in [0.5, 0.6) is 0 Å². The molecule has 0 bridgehead atoms. The van der Waals surface area contributed by atoms with Crippen LogP contribution in [0.3, 0.4) is 0 Å². The molecule has 1 rings (SSSR count). The summed E-state index contributed by atoms with van der Waals surface area (Å²) in [5.74, 6) is 0.838. The third kappa shape index (κ3) is 1.89. The summed E-state index contributed by atoms with van der Waals surface area (Å²) < 4.78 is 0. The zero-order valence-corrected chi connectivity index (χ0v) is 8.08. The van der Waals surface area contributed by atoms with Crippen molar-refractivity contribution in [2.75, 3.05) is 13.1 Å². The molecule has 0 N–H and O–H groups in total. The van der Waals surface area contributed by atoms with E-state index in [-0.39, 0.29) is 11.5 Å². The minimum atomic E-state index is -0.210. The van der Waals surface area contributed by atoms with Crippen LogP contribution in [0, 0.1) is 23.2 Å². The maximum Gasteiger partial charge on any atom is 0.263 e. The van der Waals surface area contributed by atoms with Crippen LogP contribution in [-0.4, -0.2) is 23.9 Å². The highest BCUT2D eigenvalue weighted by Crippen LogP contribution is 2.22. The Bertz CT molecular complexity index is 267. The van der Waals surface area contributed by atoms with Crippen LogP contribution < -0.4 is 0 Å². The molecule has 13 heavy (non-hydrogen) atoms. The maximum atomic E-state index is 11.5. The Morgan fingerprint density at radius 3 is 2.31 bits per heavy atom. The Hall–Kier alpha value is -1.30. The minimum Gasteiger partial charge on any atom is -0.337 e. The van der Waals surface area contributed by atoms with E-state index in [1.807, 2.05) is 0 Å². The van der Waals surface area contributed by atoms with Gasteiger partial charge in [0.25, 0.3) is 5.91 Å². The summed E-state index contributed by atoms with van der Waals surface area (Å²) in [7, 11) is 0. The first-order chi connectivity index (χ1) is 6.06. The number of carbonyl (C=O) groups excluding carboxylic acids is 1. The van der Waals surface area contributed by atoms with E-state index in [1.165, 1.54) is 0 Å². The summed E-state index contributed by atoms with van der Waals surface area (Å²) in [4.78, 5) is 13.2. The van der Waals surface area contributed by atoms with Gasteiger partial charge in [-0.1, -0.05) is 20.4 Å². The lowest BCUT2D eigenvalue weighted by Gasteiger charge is -2.14. The summed E-state index contributed by atoms with van der Waals surface area (Å²) in [6, 6.07) is 1.79. The van der Waals surface area contributed by atoms with Crippen molar-refractivity contribution in [1.29, 1.82) is 5.26 Å². The minimum absolute atomic E-state index is 0.0429. The normalized spacial score (nSPS) is 27.0. The smallest absolute Gasteiger partial charge is 0.263 e. The quantitative estimate of drug-likeness (QED) is 0.447. The van der Waals surface area contributed by atoms with Crippen LogP contribution in [0.1, 0.15) is 13.8 Å². The Labute approximate surface area is 78.6 Å². The lowest BCUT2D eigenvalue weighted by molar-refractivity contribution is -0.125. The van der Waals surface area contributed by atoms with Gasteiger partial charge in [0.05, 0.1) is 0 Å². The summed E-state index contributed by atoms with van der Waals surface area (Å²) in [6.07, 6.45) is 0. The van der Waals surface area contributed by atoms with Crippen molar-refractivity contribution in [1.82, 2.24) is 4.90 Å². The van der Waals surface area contributed by atoms with Gasteiger partial charge in [-0.2, -0.15) is 5.26 Å². The highest BCUT2D eigenvalue weighted by Gasteiger charge is 2.30. The number of likely N-dealkylation sites (tertiary alicyclic amines) is 1. The Morgan fingerprint density at radius 2 is 1.92 bits per heavy atom. The molecular weight excluding hydrogens is 164 g/mol. The molecule has 0 saturated carbocycles. The van der Waals surface area contributed by atoms with Crippen molar-refractivity contribution in [3.63, 3.8) is 0 Å². The fourth-order valence-corrected chi connectivity index (χ4v) is 1.53. The van der Waals surface area contributed by atoms with Crippen molar-refractivity contribution in [2.45, 2.75) is 13.8 Å². The maximum absolute atomic E-state index is 11.5. The third-order valence-corrected chi connectivity index (χ3v) is 2.67. The summed E-state index contributed by atoms with van der Waals surface area (Å²) in [6.45, 7) is 9.15. The number of nitriles is 1. The molecular formula is C10H14N2O. The first-order valence-electron chi connectivity index (χ1n) is 4.44. The van der Waals surface area contributed by atoms with E-state index in [0.29, 0.717) is 11.8 Å². The predicted molar refractivity (Wildman–Crippen MR) is 49.7 cm³/mol. The van der Waals surface area contributed by atoms with Gasteiger partial charge in [0.1, 0.15) is 11.6 Å². The Morgan fingerprint density at radius 1 is 1.46 bits per heavy atom. The van der Waals surface area contributed by atoms with Crippen LogP contribution in [0.2, 0.25) is 0 Å². The molecule has 2 unspecified atom stereocenters. The predicted octanol–water partition coefficient (Wildman–Crippen LogP) is 1.18. The Balaban J connectivity index is 2.62. The number of nitrogens with zero attached hydrogens (tertiary/aromatic N) is 2. The van der Waals surface area contributed by atoms with E-state index >= 15 is 0 Å². The molecule has 0 aromatic heterocycles. The topological polar surface area (TPSA) is 44.1 Å². The van der Waals surface area contributed by atoms with Crippen LogP contribution >= 0.6 is 0 Å². The first kappa shape index (κ1) is 9.79. The van der Waals surface area contributed by atoms with Crippen molar-refractivity contribution < 1.29 is 4.79 Å². The molecule has 0 spiro atoms. The van der Waals surface area contributed by atoms with Gasteiger partial charge < -0.3 is 4.90 Å². The lowest BCUT2D eigenvalue weighted by Crippen LogP contribution is -2.29. The number of carbonyl (C=O) groups is 1. The molecule has 2 atom stereocenters. The van der Waals surface area contributed by atoms with Gasteiger partial charge in [0, 0.05) is 13.1 Å². The number of hydrogen-bond donors (Lipinski definition) is 0. The second-order valence-electron chi connectivity index (χ2n) is 3.76. The summed E-state index contributed by atoms with van der Waals surface area (Å²) in [5, 5.41) is 8.50. The van der Waals surface area contributed by atoms with Crippen molar-refractivity contribution in [3.05, 3.63) is 12.2 Å². The number of amides is 1. The Kier molecular flexibility index (Phi) is 2.72. The first-order valence-corrected chi connectivity index (χ1v) is 4.44. The molecule has 3 nitrogen and oxygen atoms in total. The molecule has 1 fully saturated rings. The monoisotopic (exact) mass is 178 g/mol. The molecule has 1 heterocycles. The van der Waals surface area contributed by atoms with Gasteiger partial charge in [-0.25, -0.2) is 0 Å². The van der Waals surface area contributed by atoms with Crippen molar-refractivity contribution in [2.24, 2.45) is 11.8 Å². The average Bonchev–Trinajstić information content (AvgIpc) is 2.44. The third-order valence-electron chi connectivity index (χ3n) is 2.67. The zero-order chi connectivity index (χ0) is 10.0. The van der Waals surface area contributed by atoms with Crippen LogP contribution in [0.4, 0.5) is 0 Å². The van der Waals surface area contributed by atoms with E-state index in [4.69, 9.17) is 5.26 Å². The molecule has 70 valence electrons. The summed E-state index contributed by atoms with van der Waals surface area (Å²) >= 11 is 0. The molecule has 0 radical (unpaired) electrons. The van der Waals surface area contributed by atoms with E-state index in [9.17, 15) is 4.79 Å². The van der Waals surface area contributed by atoms with Crippen LogP contribution in [0.15, 0.2) is 12.2 Å². The van der Waals surface area contributed by atoms with E-state index < -0.39 is 0 Å². The highest BCUT2D eigenvalue weighted by molar-refractivity contribution is 5.96. The second-order valence-corrected chi connectivity index (χ2v) is 3.76. The van der Waals surface area contributed by atoms with Crippen LogP contribution in [0.25, 0.3) is 0 Å². The summed E-state index contributed by atoms with van der Waals surface area (Å²) in [5.41, 5.74) is 0.0429. The molecule has 1 aliphatic heterocycles. The fraction of sp³-hybridized carbons (Fsp3) is 0.600. The van der Waals surface area contributed by atoms with Crippen molar-refractivity contribution in [3.8, 4) is 6.07 Å². The number of rotatable bonds is 1. The molecule has 1 aliphatic rings. The van der Waals surface area contributed by atoms with Gasteiger partial charge in [-0.05, 0) is 11.8 Å². The standard InChI is InChI=1S/C10H14N2O/c1-7(4-11)10(13)12-5-8(2)9(3)6-12/h8-9H,1,5-6H2,2-3H3. The molecule has 3 heteroatoms. The fourth-order valence-electron chi connectivity index (χ4n) is 1.53. The average molecular weight is 178 g/mol. The van der Waals surface area contributed by atoms with E-state index in [2.05, 4.69) is 20.4 Å². The van der Waals surface area contributed by atoms with Crippen molar-refractivity contribution >= 4 is 5.91 Å². The van der Waals surface area contributed by atoms with Gasteiger partial charge in [-0.3, -0.25) is 4.79 Å². The van der Waals surface area contributed by atoms with E-state index in [0.717, 1.165) is 13.1 Å². The molecule has 0 aliphatic carbocycles.